The van der Waals surface area contributed by atoms with Crippen molar-refractivity contribution in [1.82, 2.24) is 4.98 Å². The number of hydrogen-bond donors (Lipinski definition) is 2. The summed E-state index contributed by atoms with van der Waals surface area (Å²) in [7, 11) is 0. The number of thioether (sulfide) groups is 1. The lowest BCUT2D eigenvalue weighted by Gasteiger charge is -2.11. The predicted octanol–water partition coefficient (Wildman–Crippen LogP) is 7.58. The Hall–Kier alpha value is -3.58. The van der Waals surface area contributed by atoms with E-state index in [0.717, 1.165) is 36.6 Å². The minimum absolute atomic E-state index is 0.268. The van der Waals surface area contributed by atoms with E-state index in [4.69, 9.17) is 14.9 Å². The van der Waals surface area contributed by atoms with Gasteiger partial charge in [0.15, 0.2) is 0 Å². The minimum atomic E-state index is -1.03. The van der Waals surface area contributed by atoms with Crippen LogP contribution in [0.4, 0.5) is 0 Å². The van der Waals surface area contributed by atoms with Gasteiger partial charge in [-0.25, -0.2) is 14.6 Å². The van der Waals surface area contributed by atoms with Crippen molar-refractivity contribution in [2.75, 3.05) is 6.61 Å². The van der Waals surface area contributed by atoms with Crippen LogP contribution in [0.2, 0.25) is 0 Å². The molecule has 0 saturated carbocycles. The third-order valence-corrected chi connectivity index (χ3v) is 7.32. The molecule has 7 heteroatoms. The highest BCUT2D eigenvalue weighted by molar-refractivity contribution is 7.97. The number of aromatic nitrogens is 1. The lowest BCUT2D eigenvalue weighted by Crippen LogP contribution is -2.02. The molecule has 0 unspecified atom stereocenters. The van der Waals surface area contributed by atoms with Gasteiger partial charge in [0.05, 0.1) is 17.9 Å². The van der Waals surface area contributed by atoms with Crippen LogP contribution >= 0.6 is 11.8 Å². The highest BCUT2D eigenvalue weighted by Crippen LogP contribution is 2.23. The van der Waals surface area contributed by atoms with Crippen LogP contribution in [0.15, 0.2) is 66.7 Å². The molecule has 0 spiro atoms. The average Bonchev–Trinajstić information content (AvgIpc) is 2.93. The number of aryl methyl sites for hydroxylation is 2. The maximum Gasteiger partial charge on any atom is 0.335 e. The Morgan fingerprint density at radius 2 is 1.49 bits per heavy atom. The fraction of sp³-hybridized carbons (Fsp3) is 0.344. The Balaban J connectivity index is 1.39. The summed E-state index contributed by atoms with van der Waals surface area (Å²) < 4.78 is 5.96. The first-order valence-electron chi connectivity index (χ1n) is 13.4. The summed E-state index contributed by atoms with van der Waals surface area (Å²) >= 11 is 1.65. The van der Waals surface area contributed by atoms with Crippen LogP contribution in [-0.4, -0.2) is 33.7 Å². The van der Waals surface area contributed by atoms with Gasteiger partial charge in [-0.1, -0.05) is 67.6 Å². The van der Waals surface area contributed by atoms with Gasteiger partial charge in [0, 0.05) is 17.6 Å². The summed E-state index contributed by atoms with van der Waals surface area (Å²) in [5.41, 5.74) is 5.34. The van der Waals surface area contributed by atoms with Crippen LogP contribution in [0.25, 0.3) is 6.08 Å². The maximum absolute atomic E-state index is 11.1. The van der Waals surface area contributed by atoms with Gasteiger partial charge < -0.3 is 14.9 Å². The Morgan fingerprint density at radius 3 is 2.18 bits per heavy atom. The van der Waals surface area contributed by atoms with Crippen molar-refractivity contribution in [1.29, 1.82) is 0 Å². The molecule has 0 radical (unpaired) electrons. The van der Waals surface area contributed by atoms with E-state index in [2.05, 4.69) is 36.2 Å². The normalized spacial score (nSPS) is 11.1. The first-order chi connectivity index (χ1) is 18.9. The van der Waals surface area contributed by atoms with E-state index in [1.807, 2.05) is 24.3 Å². The van der Waals surface area contributed by atoms with Crippen molar-refractivity contribution in [3.05, 3.63) is 100 Å². The van der Waals surface area contributed by atoms with E-state index in [-0.39, 0.29) is 5.56 Å². The molecule has 0 amide bonds. The molecule has 2 N–H and O–H groups in total. The monoisotopic (exact) mass is 547 g/mol. The number of hydrogen-bond acceptors (Lipinski definition) is 5. The van der Waals surface area contributed by atoms with Gasteiger partial charge in [0.1, 0.15) is 11.4 Å². The molecule has 0 aliphatic heterocycles. The second-order valence-electron chi connectivity index (χ2n) is 9.56. The molecule has 0 atom stereocenters. The van der Waals surface area contributed by atoms with E-state index < -0.39 is 11.9 Å². The number of nitrogens with zero attached hydrogens (tertiary/aromatic N) is 1. The fourth-order valence-corrected chi connectivity index (χ4v) is 4.97. The second kappa shape index (κ2) is 16.4. The molecule has 206 valence electrons. The molecule has 0 saturated heterocycles. The number of benzene rings is 2. The van der Waals surface area contributed by atoms with Gasteiger partial charge in [-0.15, -0.1) is 0 Å². The zero-order valence-electron chi connectivity index (χ0n) is 22.5. The number of aliphatic carboxylic acids is 1. The largest absolute Gasteiger partial charge is 0.491 e. The molecule has 3 aromatic rings. The zero-order valence-corrected chi connectivity index (χ0v) is 23.3. The summed E-state index contributed by atoms with van der Waals surface area (Å²) in [6, 6.07) is 19.4. The molecule has 0 bridgehead atoms. The molecular formula is C32H37NO5S. The number of unbranched alkanes of at least 4 members (excludes halogenated alkanes) is 5. The van der Waals surface area contributed by atoms with E-state index in [1.54, 1.807) is 23.9 Å². The van der Waals surface area contributed by atoms with E-state index in [1.165, 1.54) is 42.9 Å². The summed E-state index contributed by atoms with van der Waals surface area (Å²) in [5, 5.41) is 18.1. The lowest BCUT2D eigenvalue weighted by atomic mass is 10.0. The second-order valence-corrected chi connectivity index (χ2v) is 10.5. The Morgan fingerprint density at radius 1 is 0.821 bits per heavy atom. The van der Waals surface area contributed by atoms with Gasteiger partial charge in [0.2, 0.25) is 0 Å². The minimum Gasteiger partial charge on any atom is -0.491 e. The molecule has 0 aliphatic rings. The lowest BCUT2D eigenvalue weighted by molar-refractivity contribution is -0.131. The highest BCUT2D eigenvalue weighted by Gasteiger charge is 2.07. The summed E-state index contributed by atoms with van der Waals surface area (Å²) in [5.74, 6) is -0.0317. The number of rotatable bonds is 17. The van der Waals surface area contributed by atoms with Crippen molar-refractivity contribution in [2.45, 2.75) is 63.4 Å². The Bertz CT molecular complexity index is 1220. The van der Waals surface area contributed by atoms with E-state index in [0.29, 0.717) is 29.6 Å². The van der Waals surface area contributed by atoms with Crippen LogP contribution in [-0.2, 0) is 22.7 Å². The Labute approximate surface area is 235 Å². The van der Waals surface area contributed by atoms with Crippen molar-refractivity contribution in [2.24, 2.45) is 0 Å². The van der Waals surface area contributed by atoms with Gasteiger partial charge >= 0.3 is 11.9 Å². The van der Waals surface area contributed by atoms with E-state index >= 15 is 0 Å². The number of carboxylic acids is 2. The zero-order chi connectivity index (χ0) is 27.9. The molecule has 0 aliphatic carbocycles. The summed E-state index contributed by atoms with van der Waals surface area (Å²) in [6.07, 6.45) is 10.6. The smallest absolute Gasteiger partial charge is 0.335 e. The molecule has 3 rings (SSSR count). The first kappa shape index (κ1) is 30.0. The van der Waals surface area contributed by atoms with Crippen LogP contribution < -0.4 is 4.74 Å². The first-order valence-corrected chi connectivity index (χ1v) is 14.6. The number of aromatic carboxylic acids is 1. The molecular weight excluding hydrogens is 510 g/mol. The topological polar surface area (TPSA) is 96.7 Å². The molecule has 39 heavy (non-hydrogen) atoms. The quantitative estimate of drug-likeness (QED) is 0.133. The van der Waals surface area contributed by atoms with Crippen LogP contribution in [0, 0.1) is 6.92 Å². The van der Waals surface area contributed by atoms with Crippen LogP contribution in [0.3, 0.4) is 0 Å². The molecule has 2 aromatic carbocycles. The van der Waals surface area contributed by atoms with Gasteiger partial charge in [-0.05, 0) is 67.7 Å². The SMILES string of the molecule is Cc1ccc(CCCCCCCCOc2ccc(CSCc3ccc(C(=O)O)cc3)nc2/C=C/C(=O)O)cc1. The van der Waals surface area contributed by atoms with E-state index in [9.17, 15) is 9.59 Å². The molecule has 1 heterocycles. The van der Waals surface area contributed by atoms with Crippen molar-refractivity contribution < 1.29 is 24.5 Å². The fourth-order valence-electron chi connectivity index (χ4n) is 4.07. The Kier molecular flexibility index (Phi) is 12.6. The summed E-state index contributed by atoms with van der Waals surface area (Å²) in [6.45, 7) is 2.68. The maximum atomic E-state index is 11.1. The number of carbonyl (C=O) groups is 2. The standard InChI is InChI=1S/C32H37NO5S/c1-24-9-11-25(12-10-24)8-6-4-2-3-5-7-21-38-30-19-17-28(33-29(30)18-20-31(34)35)23-39-22-26-13-15-27(16-14-26)32(36)37/h9-20H,2-8,21-23H2,1H3,(H,34,35)(H,36,37)/b20-18+. The molecule has 1 aromatic heterocycles. The molecule has 6 nitrogen and oxygen atoms in total. The van der Waals surface area contributed by atoms with Gasteiger partial charge in [0.25, 0.3) is 0 Å². The molecule has 0 fully saturated rings. The van der Waals surface area contributed by atoms with Gasteiger partial charge in [-0.3, -0.25) is 0 Å². The van der Waals surface area contributed by atoms with Gasteiger partial charge in [-0.2, -0.15) is 11.8 Å². The van der Waals surface area contributed by atoms with Crippen molar-refractivity contribution in [3.8, 4) is 5.75 Å². The third kappa shape index (κ3) is 11.4. The third-order valence-electron chi connectivity index (χ3n) is 6.28. The number of ether oxygens (including phenoxy) is 1. The van der Waals surface area contributed by atoms with Crippen LogP contribution in [0.1, 0.15) is 77.0 Å². The number of carboxylic acid groups (broad SMARTS) is 2. The highest BCUT2D eigenvalue weighted by atomic mass is 32.2. The number of pyridine rings is 1. The average molecular weight is 548 g/mol. The summed E-state index contributed by atoms with van der Waals surface area (Å²) in [4.78, 5) is 26.7. The predicted molar refractivity (Wildman–Crippen MR) is 157 cm³/mol. The van der Waals surface area contributed by atoms with Crippen molar-refractivity contribution >= 4 is 29.8 Å². The van der Waals surface area contributed by atoms with Crippen LogP contribution in [0.5, 0.6) is 5.75 Å². The van der Waals surface area contributed by atoms with Crippen molar-refractivity contribution in [3.63, 3.8) is 0 Å².